The maximum absolute atomic E-state index is 11.2. The van der Waals surface area contributed by atoms with E-state index in [1.165, 1.54) is 0 Å². The number of esters is 1. The van der Waals surface area contributed by atoms with Crippen molar-refractivity contribution in [1.29, 1.82) is 0 Å². The Hall–Kier alpha value is -0.790. The standard InChI is InChI=1S/C12H22O2/c1-9(2)7-12(5,6)8-14-11(13)10(3)4/h10H,1,7-8H2,2-6H3. The number of allylic oxidation sites excluding steroid dienone is 1. The molecule has 0 aromatic carbocycles. The molecular formula is C12H22O2. The first-order valence-corrected chi connectivity index (χ1v) is 5.05. The van der Waals surface area contributed by atoms with Crippen molar-refractivity contribution in [2.75, 3.05) is 6.61 Å². The average molecular weight is 198 g/mol. The third-order valence-corrected chi connectivity index (χ3v) is 1.86. The second kappa shape index (κ2) is 5.18. The summed E-state index contributed by atoms with van der Waals surface area (Å²) in [6.07, 6.45) is 0.887. The van der Waals surface area contributed by atoms with E-state index >= 15 is 0 Å². The van der Waals surface area contributed by atoms with Gasteiger partial charge in [0.25, 0.3) is 0 Å². The van der Waals surface area contributed by atoms with Gasteiger partial charge >= 0.3 is 5.97 Å². The van der Waals surface area contributed by atoms with Crippen molar-refractivity contribution in [3.8, 4) is 0 Å². The van der Waals surface area contributed by atoms with Crippen molar-refractivity contribution in [3.63, 3.8) is 0 Å². The van der Waals surface area contributed by atoms with Gasteiger partial charge in [0.1, 0.15) is 0 Å². The number of carbonyl (C=O) groups is 1. The van der Waals surface area contributed by atoms with Gasteiger partial charge in [-0.2, -0.15) is 0 Å². The predicted octanol–water partition coefficient (Wildman–Crippen LogP) is 3.18. The number of carbonyl (C=O) groups excluding carboxylic acids is 1. The maximum Gasteiger partial charge on any atom is 0.308 e. The largest absolute Gasteiger partial charge is 0.465 e. The molecule has 0 aliphatic heterocycles. The first-order chi connectivity index (χ1) is 6.24. The molecule has 0 rings (SSSR count). The van der Waals surface area contributed by atoms with Crippen molar-refractivity contribution in [3.05, 3.63) is 12.2 Å². The molecule has 0 amide bonds. The summed E-state index contributed by atoms with van der Waals surface area (Å²) in [6.45, 7) is 14.2. The zero-order valence-electron chi connectivity index (χ0n) is 10.0. The van der Waals surface area contributed by atoms with Crippen molar-refractivity contribution in [2.24, 2.45) is 11.3 Å². The van der Waals surface area contributed by atoms with E-state index in [9.17, 15) is 4.79 Å². The summed E-state index contributed by atoms with van der Waals surface area (Å²) in [6, 6.07) is 0. The maximum atomic E-state index is 11.2. The smallest absolute Gasteiger partial charge is 0.308 e. The lowest BCUT2D eigenvalue weighted by atomic mass is 9.87. The molecule has 0 unspecified atom stereocenters. The van der Waals surface area contributed by atoms with E-state index in [2.05, 4.69) is 20.4 Å². The molecule has 0 spiro atoms. The molecule has 0 heterocycles. The van der Waals surface area contributed by atoms with E-state index in [1.807, 2.05) is 20.8 Å². The molecule has 0 N–H and O–H groups in total. The molecule has 0 aliphatic rings. The van der Waals surface area contributed by atoms with Crippen molar-refractivity contribution < 1.29 is 9.53 Å². The number of hydrogen-bond donors (Lipinski definition) is 0. The molecule has 2 heteroatoms. The van der Waals surface area contributed by atoms with Crippen LogP contribution in [0, 0.1) is 11.3 Å². The van der Waals surface area contributed by atoms with E-state index in [0.717, 1.165) is 12.0 Å². The molecule has 0 atom stereocenters. The minimum Gasteiger partial charge on any atom is -0.465 e. The summed E-state index contributed by atoms with van der Waals surface area (Å²) in [5.74, 6) is -0.171. The van der Waals surface area contributed by atoms with Gasteiger partial charge in [0.15, 0.2) is 0 Å². The van der Waals surface area contributed by atoms with Crippen LogP contribution in [0.3, 0.4) is 0 Å². The van der Waals surface area contributed by atoms with E-state index in [4.69, 9.17) is 4.74 Å². The van der Waals surface area contributed by atoms with Crippen LogP contribution in [0.5, 0.6) is 0 Å². The average Bonchev–Trinajstić information content (AvgIpc) is 1.97. The first kappa shape index (κ1) is 13.2. The molecule has 0 aromatic heterocycles. The third kappa shape index (κ3) is 5.79. The second-order valence-electron chi connectivity index (χ2n) is 5.06. The Morgan fingerprint density at radius 1 is 1.43 bits per heavy atom. The van der Waals surface area contributed by atoms with Crippen molar-refractivity contribution in [2.45, 2.75) is 41.0 Å². The topological polar surface area (TPSA) is 26.3 Å². The number of rotatable bonds is 5. The fourth-order valence-electron chi connectivity index (χ4n) is 1.30. The first-order valence-electron chi connectivity index (χ1n) is 5.05. The molecule has 0 aliphatic carbocycles. The Kier molecular flexibility index (Phi) is 4.89. The Bertz CT molecular complexity index is 214. The molecular weight excluding hydrogens is 176 g/mol. The molecule has 0 saturated heterocycles. The molecule has 0 fully saturated rings. The lowest BCUT2D eigenvalue weighted by Gasteiger charge is -2.24. The van der Waals surface area contributed by atoms with Crippen LogP contribution in [0.4, 0.5) is 0 Å². The lowest BCUT2D eigenvalue weighted by Crippen LogP contribution is -2.24. The minimum atomic E-state index is -0.125. The molecule has 0 aromatic rings. The van der Waals surface area contributed by atoms with Gasteiger partial charge in [-0.1, -0.05) is 33.3 Å². The second-order valence-corrected chi connectivity index (χ2v) is 5.06. The summed E-state index contributed by atoms with van der Waals surface area (Å²) in [5.41, 5.74) is 1.12. The van der Waals surface area contributed by atoms with Gasteiger partial charge in [-0.3, -0.25) is 4.79 Å². The quantitative estimate of drug-likeness (QED) is 0.501. The van der Waals surface area contributed by atoms with E-state index < -0.39 is 0 Å². The molecule has 0 bridgehead atoms. The van der Waals surface area contributed by atoms with Gasteiger partial charge in [0, 0.05) is 5.41 Å². The van der Waals surface area contributed by atoms with Gasteiger partial charge in [0.05, 0.1) is 12.5 Å². The number of hydrogen-bond acceptors (Lipinski definition) is 2. The highest BCUT2D eigenvalue weighted by atomic mass is 16.5. The van der Waals surface area contributed by atoms with Crippen LogP contribution in [0.2, 0.25) is 0 Å². The Labute approximate surface area is 87.3 Å². The molecule has 82 valence electrons. The van der Waals surface area contributed by atoms with Gasteiger partial charge in [-0.05, 0) is 13.3 Å². The van der Waals surface area contributed by atoms with Crippen LogP contribution in [0.1, 0.15) is 41.0 Å². The van der Waals surface area contributed by atoms with Crippen LogP contribution in [0.15, 0.2) is 12.2 Å². The van der Waals surface area contributed by atoms with E-state index in [-0.39, 0.29) is 17.3 Å². The molecule has 0 saturated carbocycles. The van der Waals surface area contributed by atoms with E-state index in [1.54, 1.807) is 0 Å². The summed E-state index contributed by atoms with van der Waals surface area (Å²) in [7, 11) is 0. The summed E-state index contributed by atoms with van der Waals surface area (Å²) < 4.78 is 5.19. The van der Waals surface area contributed by atoms with Gasteiger partial charge in [-0.25, -0.2) is 0 Å². The van der Waals surface area contributed by atoms with Crippen LogP contribution in [0.25, 0.3) is 0 Å². The molecule has 14 heavy (non-hydrogen) atoms. The summed E-state index contributed by atoms with van der Waals surface area (Å²) in [4.78, 5) is 11.2. The van der Waals surface area contributed by atoms with Crippen LogP contribution in [-0.2, 0) is 9.53 Å². The molecule has 0 radical (unpaired) electrons. The van der Waals surface area contributed by atoms with Gasteiger partial charge < -0.3 is 4.74 Å². The normalized spacial score (nSPS) is 11.6. The minimum absolute atomic E-state index is 0.00359. The highest BCUT2D eigenvalue weighted by molar-refractivity contribution is 5.71. The monoisotopic (exact) mass is 198 g/mol. The fourth-order valence-corrected chi connectivity index (χ4v) is 1.30. The zero-order valence-corrected chi connectivity index (χ0v) is 10.0. The SMILES string of the molecule is C=C(C)CC(C)(C)COC(=O)C(C)C. The van der Waals surface area contributed by atoms with Gasteiger partial charge in [0.2, 0.25) is 0 Å². The Morgan fingerprint density at radius 2 is 1.93 bits per heavy atom. The summed E-state index contributed by atoms with van der Waals surface area (Å²) >= 11 is 0. The third-order valence-electron chi connectivity index (χ3n) is 1.86. The lowest BCUT2D eigenvalue weighted by molar-refractivity contribution is -0.150. The van der Waals surface area contributed by atoms with Crippen LogP contribution >= 0.6 is 0 Å². The van der Waals surface area contributed by atoms with Crippen LogP contribution in [-0.4, -0.2) is 12.6 Å². The van der Waals surface area contributed by atoms with E-state index in [0.29, 0.717) is 6.61 Å². The zero-order chi connectivity index (χ0) is 11.4. The predicted molar refractivity (Wildman–Crippen MR) is 59.0 cm³/mol. The van der Waals surface area contributed by atoms with Gasteiger partial charge in [-0.15, -0.1) is 6.58 Å². The fraction of sp³-hybridized carbons (Fsp3) is 0.750. The van der Waals surface area contributed by atoms with Crippen LogP contribution < -0.4 is 0 Å². The Morgan fingerprint density at radius 3 is 2.29 bits per heavy atom. The summed E-state index contributed by atoms with van der Waals surface area (Å²) in [5, 5.41) is 0. The number of ether oxygens (including phenoxy) is 1. The highest BCUT2D eigenvalue weighted by Crippen LogP contribution is 2.24. The van der Waals surface area contributed by atoms with Crippen molar-refractivity contribution in [1.82, 2.24) is 0 Å². The highest BCUT2D eigenvalue weighted by Gasteiger charge is 2.21. The Balaban J connectivity index is 3.98. The molecule has 2 nitrogen and oxygen atoms in total. The van der Waals surface area contributed by atoms with Crippen molar-refractivity contribution >= 4 is 5.97 Å².